The van der Waals surface area contributed by atoms with E-state index in [0.717, 1.165) is 29.5 Å². The van der Waals surface area contributed by atoms with Crippen molar-refractivity contribution in [3.8, 4) is 0 Å². The molecule has 0 fully saturated rings. The van der Waals surface area contributed by atoms with E-state index in [0.29, 0.717) is 23.5 Å². The number of amides is 1. The van der Waals surface area contributed by atoms with Gasteiger partial charge < -0.3 is 0 Å². The first-order valence-electron chi connectivity index (χ1n) is 10.0. The number of nitrogens with one attached hydrogen (secondary N) is 1. The van der Waals surface area contributed by atoms with Gasteiger partial charge in [-0.25, -0.2) is 13.8 Å². The van der Waals surface area contributed by atoms with Crippen molar-refractivity contribution in [1.29, 1.82) is 0 Å². The normalized spacial score (nSPS) is 13.3. The van der Waals surface area contributed by atoms with Crippen LogP contribution in [0.15, 0.2) is 84.0 Å². The third kappa shape index (κ3) is 4.67. The maximum Gasteiger partial charge on any atom is 0.271 e. The number of hydrogen-bond acceptors (Lipinski definition) is 4. The first-order valence-corrected chi connectivity index (χ1v) is 11.9. The zero-order valence-corrected chi connectivity index (χ0v) is 18.0. The van der Waals surface area contributed by atoms with Gasteiger partial charge >= 0.3 is 0 Å². The van der Waals surface area contributed by atoms with E-state index in [1.165, 1.54) is 10.6 Å². The Bertz CT molecular complexity index is 1180. The Morgan fingerprint density at radius 1 is 0.903 bits per heavy atom. The molecule has 0 saturated carbocycles. The smallest absolute Gasteiger partial charge is 0.270 e. The maximum absolute atomic E-state index is 12.8. The van der Waals surface area contributed by atoms with Gasteiger partial charge in [0.25, 0.3) is 5.91 Å². The third-order valence-electron chi connectivity index (χ3n) is 5.18. The Morgan fingerprint density at radius 2 is 1.52 bits per heavy atom. The van der Waals surface area contributed by atoms with Crippen molar-refractivity contribution >= 4 is 27.3 Å². The van der Waals surface area contributed by atoms with E-state index >= 15 is 0 Å². The second-order valence-corrected chi connectivity index (χ2v) is 9.32. The van der Waals surface area contributed by atoms with Crippen LogP contribution in [0.4, 0.5) is 5.69 Å². The lowest BCUT2D eigenvalue weighted by Crippen LogP contribution is -2.34. The molecule has 7 heteroatoms. The summed E-state index contributed by atoms with van der Waals surface area (Å²) in [5, 5.41) is 4.42. The highest BCUT2D eigenvalue weighted by atomic mass is 32.2. The number of carbonyl (C=O) groups is 1. The van der Waals surface area contributed by atoms with Gasteiger partial charge in [-0.05, 0) is 36.6 Å². The molecule has 1 aliphatic rings. The highest BCUT2D eigenvalue weighted by Gasteiger charge is 2.24. The number of anilines is 1. The van der Waals surface area contributed by atoms with Crippen LogP contribution in [-0.2, 0) is 16.4 Å². The molecule has 0 aliphatic carbocycles. The van der Waals surface area contributed by atoms with Crippen LogP contribution in [-0.4, -0.2) is 32.8 Å². The van der Waals surface area contributed by atoms with E-state index in [1.807, 2.05) is 60.7 Å². The second-order valence-electron chi connectivity index (χ2n) is 7.42. The van der Waals surface area contributed by atoms with Crippen LogP contribution in [0.25, 0.3) is 0 Å². The molecule has 0 saturated heterocycles. The van der Waals surface area contributed by atoms with Gasteiger partial charge in [-0.1, -0.05) is 60.7 Å². The lowest BCUT2D eigenvalue weighted by Gasteiger charge is -2.29. The Morgan fingerprint density at radius 3 is 2.10 bits per heavy atom. The van der Waals surface area contributed by atoms with Gasteiger partial charge in [0.15, 0.2) is 0 Å². The van der Waals surface area contributed by atoms with Gasteiger partial charge in [0.2, 0.25) is 10.0 Å². The average molecular weight is 434 g/mol. The third-order valence-corrected chi connectivity index (χ3v) is 6.36. The largest absolute Gasteiger partial charge is 0.271 e. The molecule has 1 N–H and O–H groups in total. The van der Waals surface area contributed by atoms with E-state index in [1.54, 1.807) is 18.2 Å². The minimum absolute atomic E-state index is 0.344. The summed E-state index contributed by atoms with van der Waals surface area (Å²) in [5.74, 6) is -0.344. The van der Waals surface area contributed by atoms with Gasteiger partial charge in [-0.15, -0.1) is 0 Å². The molecule has 3 aromatic carbocycles. The number of nitrogens with zero attached hydrogens (tertiary/aromatic N) is 2. The predicted octanol–water partition coefficient (Wildman–Crippen LogP) is 3.58. The molecule has 31 heavy (non-hydrogen) atoms. The summed E-state index contributed by atoms with van der Waals surface area (Å²) in [6.07, 6.45) is 2.65. The Hall–Kier alpha value is -3.45. The van der Waals surface area contributed by atoms with E-state index in [4.69, 9.17) is 0 Å². The maximum atomic E-state index is 12.8. The predicted molar refractivity (Wildman–Crippen MR) is 123 cm³/mol. The van der Waals surface area contributed by atoms with Crippen molar-refractivity contribution in [2.45, 2.75) is 12.8 Å². The number of carbonyl (C=O) groups excluding carboxylic acids is 1. The van der Waals surface area contributed by atoms with Crippen molar-refractivity contribution in [2.24, 2.45) is 5.10 Å². The van der Waals surface area contributed by atoms with Gasteiger partial charge in [-0.2, -0.15) is 5.10 Å². The summed E-state index contributed by atoms with van der Waals surface area (Å²) in [4.78, 5) is 12.8. The Balaban J connectivity index is 1.62. The first kappa shape index (κ1) is 20.8. The minimum Gasteiger partial charge on any atom is -0.270 e. The van der Waals surface area contributed by atoms with Crippen LogP contribution in [0.5, 0.6) is 0 Å². The van der Waals surface area contributed by atoms with Crippen molar-refractivity contribution in [3.05, 3.63) is 101 Å². The zero-order valence-electron chi connectivity index (χ0n) is 17.2. The van der Waals surface area contributed by atoms with Crippen molar-refractivity contribution in [2.75, 3.05) is 17.1 Å². The molecule has 4 rings (SSSR count). The van der Waals surface area contributed by atoms with E-state index in [-0.39, 0.29) is 5.91 Å². The molecule has 1 amide bonds. The molecule has 1 aliphatic heterocycles. The number of sulfonamides is 1. The standard InChI is InChI=1S/C24H23N3O3S/c1-31(29,30)27-16-8-13-20-17-21(14-15-22(20)27)24(28)26-25-23(18-9-4-2-5-10-18)19-11-6-3-7-12-19/h2-7,9-12,14-15,17H,8,13,16H2,1H3,(H,26,28). The highest BCUT2D eigenvalue weighted by molar-refractivity contribution is 7.92. The summed E-state index contributed by atoms with van der Waals surface area (Å²) in [6, 6.07) is 24.4. The average Bonchev–Trinajstić information content (AvgIpc) is 2.79. The van der Waals surface area contributed by atoms with Gasteiger partial charge in [-0.3, -0.25) is 9.10 Å². The highest BCUT2D eigenvalue weighted by Crippen LogP contribution is 2.29. The van der Waals surface area contributed by atoms with E-state index in [9.17, 15) is 13.2 Å². The Kier molecular flexibility index (Phi) is 5.86. The van der Waals surface area contributed by atoms with E-state index in [2.05, 4.69) is 10.5 Å². The molecule has 0 bridgehead atoms. The summed E-state index contributed by atoms with van der Waals surface area (Å²) >= 11 is 0. The van der Waals surface area contributed by atoms with Crippen LogP contribution in [0.3, 0.4) is 0 Å². The van der Waals surface area contributed by atoms with Gasteiger partial charge in [0, 0.05) is 23.2 Å². The minimum atomic E-state index is -3.34. The van der Waals surface area contributed by atoms with Gasteiger partial charge in [0.05, 0.1) is 17.7 Å². The molecular weight excluding hydrogens is 410 g/mol. The summed E-state index contributed by atoms with van der Waals surface area (Å²) in [6.45, 7) is 0.458. The van der Waals surface area contributed by atoms with Crippen LogP contribution in [0.1, 0.15) is 33.5 Å². The van der Waals surface area contributed by atoms with E-state index < -0.39 is 10.0 Å². The lowest BCUT2D eigenvalue weighted by atomic mass is 10.0. The van der Waals surface area contributed by atoms with Crippen LogP contribution in [0.2, 0.25) is 0 Å². The van der Waals surface area contributed by atoms with Crippen LogP contribution < -0.4 is 9.73 Å². The topological polar surface area (TPSA) is 78.8 Å². The molecule has 158 valence electrons. The quantitative estimate of drug-likeness (QED) is 0.493. The SMILES string of the molecule is CS(=O)(=O)N1CCCc2cc(C(=O)NN=C(c3ccccc3)c3ccccc3)ccc21. The van der Waals surface area contributed by atoms with Crippen molar-refractivity contribution < 1.29 is 13.2 Å². The van der Waals surface area contributed by atoms with Crippen molar-refractivity contribution in [3.63, 3.8) is 0 Å². The molecule has 0 aromatic heterocycles. The number of hydrazone groups is 1. The number of benzene rings is 3. The molecule has 3 aromatic rings. The fourth-order valence-corrected chi connectivity index (χ4v) is 4.70. The summed E-state index contributed by atoms with van der Waals surface area (Å²) in [5.41, 5.74) is 7.04. The summed E-state index contributed by atoms with van der Waals surface area (Å²) < 4.78 is 25.5. The van der Waals surface area contributed by atoms with Crippen LogP contribution >= 0.6 is 0 Å². The number of fused-ring (bicyclic) bond motifs is 1. The number of aryl methyl sites for hydroxylation is 1. The fourth-order valence-electron chi connectivity index (χ4n) is 3.71. The number of hydrogen-bond donors (Lipinski definition) is 1. The zero-order chi connectivity index (χ0) is 21.8. The Labute approximate surface area is 182 Å². The lowest BCUT2D eigenvalue weighted by molar-refractivity contribution is 0.0955. The molecule has 1 heterocycles. The summed E-state index contributed by atoms with van der Waals surface area (Å²) in [7, 11) is -3.34. The van der Waals surface area contributed by atoms with Gasteiger partial charge in [0.1, 0.15) is 0 Å². The molecule has 0 radical (unpaired) electrons. The number of rotatable bonds is 5. The molecular formula is C24H23N3O3S. The second kappa shape index (κ2) is 8.73. The molecule has 6 nitrogen and oxygen atoms in total. The molecule has 0 unspecified atom stereocenters. The van der Waals surface area contributed by atoms with Crippen LogP contribution in [0, 0.1) is 0 Å². The monoisotopic (exact) mass is 433 g/mol. The fraction of sp³-hybridized carbons (Fsp3) is 0.167. The van der Waals surface area contributed by atoms with Crippen molar-refractivity contribution in [1.82, 2.24) is 5.43 Å². The first-order chi connectivity index (χ1) is 14.9. The molecule has 0 atom stereocenters. The molecule has 0 spiro atoms.